The molecule has 2 nitrogen and oxygen atoms in total. The molecular formula is C12H7F3O2. The van der Waals surface area contributed by atoms with Crippen molar-refractivity contribution >= 4 is 6.29 Å². The van der Waals surface area contributed by atoms with Crippen LogP contribution >= 0.6 is 0 Å². The Morgan fingerprint density at radius 2 is 1.76 bits per heavy atom. The number of hydrogen-bond donors (Lipinski definition) is 0. The van der Waals surface area contributed by atoms with Crippen molar-refractivity contribution in [1.82, 2.24) is 0 Å². The maximum atomic E-state index is 12.3. The molecule has 2 aromatic rings. The summed E-state index contributed by atoms with van der Waals surface area (Å²) in [5.74, 6) is 0.362. The minimum Gasteiger partial charge on any atom is -0.464 e. The maximum Gasteiger partial charge on any atom is 0.416 e. The van der Waals surface area contributed by atoms with Gasteiger partial charge in [-0.1, -0.05) is 12.1 Å². The van der Waals surface area contributed by atoms with Gasteiger partial charge in [-0.2, -0.15) is 13.2 Å². The minimum atomic E-state index is -4.35. The molecule has 0 aliphatic carbocycles. The molecule has 0 saturated carbocycles. The summed E-state index contributed by atoms with van der Waals surface area (Å²) in [7, 11) is 0. The molecular weight excluding hydrogens is 233 g/mol. The first-order valence-corrected chi connectivity index (χ1v) is 4.72. The Kier molecular flexibility index (Phi) is 2.75. The van der Waals surface area contributed by atoms with Crippen molar-refractivity contribution in [3.63, 3.8) is 0 Å². The molecule has 2 rings (SSSR count). The van der Waals surface area contributed by atoms with Gasteiger partial charge in [0.1, 0.15) is 12.0 Å². The lowest BCUT2D eigenvalue weighted by molar-refractivity contribution is -0.137. The van der Waals surface area contributed by atoms with E-state index in [1.807, 2.05) is 0 Å². The zero-order valence-electron chi connectivity index (χ0n) is 8.49. The number of benzene rings is 1. The van der Waals surface area contributed by atoms with Crippen molar-refractivity contribution in [3.05, 3.63) is 47.7 Å². The Balaban J connectivity index is 2.32. The third-order valence-electron chi connectivity index (χ3n) is 2.25. The van der Waals surface area contributed by atoms with E-state index < -0.39 is 11.7 Å². The molecule has 0 spiro atoms. The van der Waals surface area contributed by atoms with Gasteiger partial charge in [-0.3, -0.25) is 4.79 Å². The Bertz CT molecular complexity index is 523. The number of alkyl halides is 3. The second-order valence-electron chi connectivity index (χ2n) is 3.44. The molecule has 0 fully saturated rings. The van der Waals surface area contributed by atoms with E-state index in [1.165, 1.54) is 24.5 Å². The molecule has 0 aliphatic rings. The fourth-order valence-electron chi connectivity index (χ4n) is 1.39. The van der Waals surface area contributed by atoms with Crippen LogP contribution in [0.4, 0.5) is 13.2 Å². The summed E-state index contributed by atoms with van der Waals surface area (Å²) < 4.78 is 42.0. The summed E-state index contributed by atoms with van der Waals surface area (Å²) in [5, 5.41) is 0. The van der Waals surface area contributed by atoms with E-state index in [-0.39, 0.29) is 0 Å². The van der Waals surface area contributed by atoms with E-state index in [9.17, 15) is 18.0 Å². The predicted octanol–water partition coefficient (Wildman–Crippen LogP) is 3.78. The van der Waals surface area contributed by atoms with Gasteiger partial charge in [-0.25, -0.2) is 0 Å². The lowest BCUT2D eigenvalue weighted by Crippen LogP contribution is -2.03. The van der Waals surface area contributed by atoms with Crippen LogP contribution in [0, 0.1) is 0 Å². The Morgan fingerprint density at radius 3 is 2.24 bits per heavy atom. The van der Waals surface area contributed by atoms with Gasteiger partial charge in [0, 0.05) is 5.56 Å². The Labute approximate surface area is 94.7 Å². The molecule has 0 bridgehead atoms. The smallest absolute Gasteiger partial charge is 0.416 e. The Morgan fingerprint density at radius 1 is 1.12 bits per heavy atom. The number of hydrogen-bond acceptors (Lipinski definition) is 2. The van der Waals surface area contributed by atoms with Crippen LogP contribution in [0.25, 0.3) is 11.3 Å². The maximum absolute atomic E-state index is 12.3. The molecule has 0 amide bonds. The fourth-order valence-corrected chi connectivity index (χ4v) is 1.39. The van der Waals surface area contributed by atoms with E-state index in [0.717, 1.165) is 12.1 Å². The zero-order chi connectivity index (χ0) is 12.5. The average Bonchev–Trinajstić information content (AvgIpc) is 2.76. The predicted molar refractivity (Wildman–Crippen MR) is 54.5 cm³/mol. The highest BCUT2D eigenvalue weighted by Crippen LogP contribution is 2.31. The van der Waals surface area contributed by atoms with Gasteiger partial charge >= 0.3 is 6.18 Å². The highest BCUT2D eigenvalue weighted by atomic mass is 19.4. The quantitative estimate of drug-likeness (QED) is 0.748. The summed E-state index contributed by atoms with van der Waals surface area (Å²) in [6, 6.07) is 6.01. The van der Waals surface area contributed by atoms with Crippen LogP contribution in [0.15, 0.2) is 41.0 Å². The summed E-state index contributed by atoms with van der Waals surface area (Å²) in [5.41, 5.74) is 0.120. The lowest BCUT2D eigenvalue weighted by atomic mass is 10.1. The topological polar surface area (TPSA) is 30.2 Å². The third-order valence-corrected chi connectivity index (χ3v) is 2.25. The van der Waals surface area contributed by atoms with Gasteiger partial charge < -0.3 is 4.42 Å². The first-order chi connectivity index (χ1) is 8.00. The fraction of sp³-hybridized carbons (Fsp3) is 0.0833. The molecule has 5 heteroatoms. The summed E-state index contributed by atoms with van der Waals surface area (Å²) in [6.07, 6.45) is -2.49. The van der Waals surface area contributed by atoms with Gasteiger partial charge in [0.2, 0.25) is 0 Å². The van der Waals surface area contributed by atoms with Crippen LogP contribution < -0.4 is 0 Å². The van der Waals surface area contributed by atoms with Crippen molar-refractivity contribution < 1.29 is 22.4 Å². The number of furan rings is 1. The SMILES string of the molecule is O=Cc1coc(-c2ccc(C(F)(F)F)cc2)c1. The molecule has 1 aromatic heterocycles. The Hall–Kier alpha value is -2.04. The molecule has 88 valence electrons. The second kappa shape index (κ2) is 4.08. The number of carbonyl (C=O) groups excluding carboxylic acids is 1. The molecule has 0 saturated heterocycles. The van der Waals surface area contributed by atoms with Crippen molar-refractivity contribution in [2.75, 3.05) is 0 Å². The van der Waals surface area contributed by atoms with Crippen molar-refractivity contribution in [3.8, 4) is 11.3 Å². The van der Waals surface area contributed by atoms with Crippen molar-refractivity contribution in [2.45, 2.75) is 6.18 Å². The van der Waals surface area contributed by atoms with E-state index in [1.54, 1.807) is 0 Å². The molecule has 0 radical (unpaired) electrons. The van der Waals surface area contributed by atoms with E-state index in [0.29, 0.717) is 23.2 Å². The highest BCUT2D eigenvalue weighted by Gasteiger charge is 2.30. The van der Waals surface area contributed by atoms with Gasteiger partial charge in [-0.15, -0.1) is 0 Å². The van der Waals surface area contributed by atoms with Gasteiger partial charge in [0.05, 0.1) is 11.1 Å². The summed E-state index contributed by atoms with van der Waals surface area (Å²) in [6.45, 7) is 0. The highest BCUT2D eigenvalue weighted by molar-refractivity contribution is 5.77. The van der Waals surface area contributed by atoms with Crippen molar-refractivity contribution in [1.29, 1.82) is 0 Å². The molecule has 17 heavy (non-hydrogen) atoms. The zero-order valence-corrected chi connectivity index (χ0v) is 8.49. The first-order valence-electron chi connectivity index (χ1n) is 4.72. The van der Waals surface area contributed by atoms with Crippen LogP contribution in [0.2, 0.25) is 0 Å². The lowest BCUT2D eigenvalue weighted by Gasteiger charge is -2.06. The van der Waals surface area contributed by atoms with Crippen LogP contribution in [-0.4, -0.2) is 6.29 Å². The van der Waals surface area contributed by atoms with E-state index in [4.69, 9.17) is 4.42 Å². The van der Waals surface area contributed by atoms with Crippen LogP contribution in [0.5, 0.6) is 0 Å². The van der Waals surface area contributed by atoms with Gasteiger partial charge in [0.15, 0.2) is 6.29 Å². The molecule has 1 heterocycles. The number of halogens is 3. The van der Waals surface area contributed by atoms with Crippen molar-refractivity contribution in [2.24, 2.45) is 0 Å². The average molecular weight is 240 g/mol. The molecule has 0 aliphatic heterocycles. The van der Waals surface area contributed by atoms with Gasteiger partial charge in [0.25, 0.3) is 0 Å². The molecule has 1 aromatic carbocycles. The summed E-state index contributed by atoms with van der Waals surface area (Å²) in [4.78, 5) is 10.4. The third kappa shape index (κ3) is 2.38. The number of carbonyl (C=O) groups is 1. The van der Waals surface area contributed by atoms with Gasteiger partial charge in [-0.05, 0) is 18.2 Å². The standard InChI is InChI=1S/C12H7F3O2/c13-12(14,15)10-3-1-9(2-4-10)11-5-8(6-16)7-17-11/h1-7H. The monoisotopic (exact) mass is 240 g/mol. The molecule has 0 unspecified atom stereocenters. The normalized spacial score (nSPS) is 11.5. The molecule has 0 N–H and O–H groups in total. The van der Waals surface area contributed by atoms with Crippen LogP contribution in [0.3, 0.4) is 0 Å². The largest absolute Gasteiger partial charge is 0.464 e. The second-order valence-corrected chi connectivity index (χ2v) is 3.44. The summed E-state index contributed by atoms with van der Waals surface area (Å²) >= 11 is 0. The first kappa shape index (κ1) is 11.4. The van der Waals surface area contributed by atoms with E-state index >= 15 is 0 Å². The molecule has 0 atom stereocenters. The van der Waals surface area contributed by atoms with Crippen LogP contribution in [0.1, 0.15) is 15.9 Å². The number of aldehydes is 1. The van der Waals surface area contributed by atoms with Crippen LogP contribution in [-0.2, 0) is 6.18 Å². The minimum absolute atomic E-state index is 0.347. The van der Waals surface area contributed by atoms with E-state index in [2.05, 4.69) is 0 Å². The number of rotatable bonds is 2.